The van der Waals surface area contributed by atoms with E-state index in [0.29, 0.717) is 5.69 Å². The lowest BCUT2D eigenvalue weighted by Crippen LogP contribution is -2.52. The van der Waals surface area contributed by atoms with E-state index in [0.717, 1.165) is 44.2 Å². The van der Waals surface area contributed by atoms with E-state index in [-0.39, 0.29) is 36.6 Å². The smallest absolute Gasteiger partial charge is 0.287 e. The van der Waals surface area contributed by atoms with Gasteiger partial charge < -0.3 is 21.1 Å². The normalized spacial score (nSPS) is 20.3. The average Bonchev–Trinajstić information content (AvgIpc) is 3.65. The number of halogens is 1. The van der Waals surface area contributed by atoms with Crippen LogP contribution in [0.2, 0.25) is 0 Å². The van der Waals surface area contributed by atoms with Gasteiger partial charge in [0.15, 0.2) is 0 Å². The lowest BCUT2D eigenvalue weighted by molar-refractivity contribution is -0.139. The van der Waals surface area contributed by atoms with E-state index in [1.54, 1.807) is 13.8 Å². The van der Waals surface area contributed by atoms with Crippen LogP contribution in [0.1, 0.15) is 87.8 Å². The number of hydrogen-bond acceptors (Lipinski definition) is 8. The molecule has 1 saturated carbocycles. The molecule has 236 valence electrons. The number of aliphatic hydroxyl groups is 1. The molecule has 4 amide bonds. The lowest BCUT2D eigenvalue weighted by Gasteiger charge is -2.27. The zero-order valence-electron chi connectivity index (χ0n) is 25.0. The molecule has 2 fully saturated rings. The highest BCUT2D eigenvalue weighted by Gasteiger charge is 2.44. The van der Waals surface area contributed by atoms with Crippen LogP contribution in [0.4, 0.5) is 4.39 Å². The molecule has 1 saturated heterocycles. The first kappa shape index (κ1) is 32.6. The van der Waals surface area contributed by atoms with E-state index in [9.17, 15) is 33.5 Å². The molecule has 3 atom stereocenters. The van der Waals surface area contributed by atoms with Gasteiger partial charge in [-0.3, -0.25) is 24.0 Å². The first-order chi connectivity index (χ1) is 20.8. The maximum Gasteiger partial charge on any atom is 0.287 e. The molecule has 1 aliphatic carbocycles. The molecule has 1 unspecified atom stereocenters. The first-order valence-corrected chi connectivity index (χ1v) is 14.7. The highest BCUT2D eigenvalue weighted by atomic mass is 19.1. The Morgan fingerprint density at radius 1 is 1.14 bits per heavy atom. The third-order valence-corrected chi connectivity index (χ3v) is 8.17. The minimum atomic E-state index is -1.34. The van der Waals surface area contributed by atoms with Crippen molar-refractivity contribution in [3.05, 3.63) is 47.5 Å². The van der Waals surface area contributed by atoms with Gasteiger partial charge in [-0.05, 0) is 57.4 Å². The van der Waals surface area contributed by atoms with Crippen molar-refractivity contribution < 1.29 is 33.5 Å². The third kappa shape index (κ3) is 7.59. The van der Waals surface area contributed by atoms with Crippen molar-refractivity contribution >= 4 is 35.1 Å². The maximum atomic E-state index is 14.2. The van der Waals surface area contributed by atoms with E-state index < -0.39 is 59.0 Å². The minimum Gasteiger partial charge on any atom is -0.384 e. The number of nitrogens with zero attached hydrogens (tertiary/aromatic N) is 5. The SMILES string of the molecule is CC(NC(=O)[C@@H]1C[C@H](n2nncc2C(C)(C)O)CN1C(=O)C(CC1CCCCC1)=NC(=O)c1ccc(F)cc1)C(=O)C(N)=O. The molecule has 0 radical (unpaired) electrons. The molecule has 0 bridgehead atoms. The van der Waals surface area contributed by atoms with Gasteiger partial charge in [0.05, 0.1) is 24.0 Å². The summed E-state index contributed by atoms with van der Waals surface area (Å²) in [6.45, 7) is 4.37. The predicted molar refractivity (Wildman–Crippen MR) is 156 cm³/mol. The number of nitrogens with one attached hydrogen (secondary N) is 1. The Morgan fingerprint density at radius 3 is 2.41 bits per heavy atom. The number of rotatable bonds is 10. The third-order valence-electron chi connectivity index (χ3n) is 8.17. The maximum absolute atomic E-state index is 14.2. The Kier molecular flexibility index (Phi) is 10.0. The van der Waals surface area contributed by atoms with Crippen LogP contribution in [-0.4, -0.2) is 78.8 Å². The topological polar surface area (TPSA) is 190 Å². The Labute approximate surface area is 254 Å². The van der Waals surface area contributed by atoms with Crippen LogP contribution in [0, 0.1) is 11.7 Å². The van der Waals surface area contributed by atoms with Gasteiger partial charge >= 0.3 is 0 Å². The van der Waals surface area contributed by atoms with Gasteiger partial charge in [0.1, 0.15) is 23.2 Å². The fourth-order valence-corrected chi connectivity index (χ4v) is 5.79. The molecular formula is C30H38FN7O6. The van der Waals surface area contributed by atoms with Crippen molar-refractivity contribution in [2.45, 2.75) is 89.4 Å². The zero-order valence-corrected chi connectivity index (χ0v) is 25.0. The number of ketones is 1. The quantitative estimate of drug-likeness (QED) is 0.267. The average molecular weight is 612 g/mol. The van der Waals surface area contributed by atoms with Crippen molar-refractivity contribution in [3.63, 3.8) is 0 Å². The Hall–Kier alpha value is -4.33. The van der Waals surface area contributed by atoms with Crippen LogP contribution >= 0.6 is 0 Å². The molecule has 44 heavy (non-hydrogen) atoms. The molecule has 4 N–H and O–H groups in total. The molecule has 2 heterocycles. The number of carbonyl (C=O) groups is 5. The summed E-state index contributed by atoms with van der Waals surface area (Å²) in [5.74, 6) is -4.72. The second-order valence-electron chi connectivity index (χ2n) is 12.0. The molecule has 2 aliphatic rings. The number of likely N-dealkylation sites (tertiary alicyclic amines) is 1. The summed E-state index contributed by atoms with van der Waals surface area (Å²) in [4.78, 5) is 69.9. The molecule has 14 heteroatoms. The number of carbonyl (C=O) groups excluding carboxylic acids is 5. The summed E-state index contributed by atoms with van der Waals surface area (Å²) in [7, 11) is 0. The number of primary amides is 1. The number of nitrogens with two attached hydrogens (primary N) is 1. The molecular weight excluding hydrogens is 573 g/mol. The van der Waals surface area contributed by atoms with Crippen molar-refractivity contribution in [1.82, 2.24) is 25.2 Å². The lowest BCUT2D eigenvalue weighted by atomic mass is 9.85. The fourth-order valence-electron chi connectivity index (χ4n) is 5.79. The summed E-state index contributed by atoms with van der Waals surface area (Å²) >= 11 is 0. The molecule has 1 aliphatic heterocycles. The highest BCUT2D eigenvalue weighted by molar-refractivity contribution is 6.41. The van der Waals surface area contributed by atoms with Crippen molar-refractivity contribution in [2.24, 2.45) is 16.6 Å². The fraction of sp³-hybridized carbons (Fsp3) is 0.533. The highest BCUT2D eigenvalue weighted by Crippen LogP contribution is 2.33. The van der Waals surface area contributed by atoms with E-state index in [1.165, 1.54) is 34.8 Å². The Morgan fingerprint density at radius 2 is 1.80 bits per heavy atom. The zero-order chi connectivity index (χ0) is 32.2. The van der Waals surface area contributed by atoms with Gasteiger partial charge in [-0.25, -0.2) is 14.1 Å². The van der Waals surface area contributed by atoms with Crippen molar-refractivity contribution in [2.75, 3.05) is 6.54 Å². The second-order valence-corrected chi connectivity index (χ2v) is 12.0. The monoisotopic (exact) mass is 611 g/mol. The molecule has 0 spiro atoms. The molecule has 1 aromatic heterocycles. The summed E-state index contributed by atoms with van der Waals surface area (Å²) < 4.78 is 14.9. The number of aromatic nitrogens is 3. The van der Waals surface area contributed by atoms with Gasteiger partial charge in [0.25, 0.3) is 17.7 Å². The Bertz CT molecular complexity index is 1440. The van der Waals surface area contributed by atoms with Gasteiger partial charge in [-0.15, -0.1) is 5.10 Å². The van der Waals surface area contributed by atoms with Crippen LogP contribution in [0.15, 0.2) is 35.5 Å². The predicted octanol–water partition coefficient (Wildman–Crippen LogP) is 1.60. The standard InChI is InChI=1S/C30H38FN7O6/c1-17(25(39)26(32)40)34-28(42)23-14-21(38-24(15-33-36-38)30(2,3)44)16-37(23)29(43)22(13-18-7-5-4-6-8-18)35-27(41)19-9-11-20(31)12-10-19/h9-12,15,17-18,21,23,44H,4-8,13-14,16H2,1-3H3,(H2,32,40)(H,34,42)/t17?,21-,23-/m0/s1. The minimum absolute atomic E-state index is 0.0319. The van der Waals surface area contributed by atoms with Crippen LogP contribution in [0.5, 0.6) is 0 Å². The van der Waals surface area contributed by atoms with Crippen LogP contribution in [0.3, 0.4) is 0 Å². The van der Waals surface area contributed by atoms with E-state index in [1.807, 2.05) is 0 Å². The van der Waals surface area contributed by atoms with Crippen LogP contribution in [-0.2, 0) is 24.8 Å². The summed E-state index contributed by atoms with van der Waals surface area (Å²) in [5, 5.41) is 21.2. The molecule has 1 aromatic carbocycles. The second kappa shape index (κ2) is 13.5. The summed E-state index contributed by atoms with van der Waals surface area (Å²) in [5.41, 5.74) is 4.19. The molecule has 4 rings (SSSR count). The Balaban J connectivity index is 1.70. The summed E-state index contributed by atoms with van der Waals surface area (Å²) in [6.07, 6.45) is 6.36. The number of Topliss-reactive ketones (excluding diaryl/α,β-unsaturated/α-hetero) is 1. The van der Waals surface area contributed by atoms with E-state index in [2.05, 4.69) is 20.6 Å². The van der Waals surface area contributed by atoms with E-state index in [4.69, 9.17) is 5.73 Å². The number of aliphatic imine (C=N–C) groups is 1. The van der Waals surface area contributed by atoms with Crippen molar-refractivity contribution in [1.29, 1.82) is 0 Å². The van der Waals surface area contributed by atoms with Crippen molar-refractivity contribution in [3.8, 4) is 0 Å². The first-order valence-electron chi connectivity index (χ1n) is 14.7. The molecule has 13 nitrogen and oxygen atoms in total. The summed E-state index contributed by atoms with van der Waals surface area (Å²) in [6, 6.07) is 1.83. The van der Waals surface area contributed by atoms with Gasteiger partial charge in [-0.2, -0.15) is 0 Å². The number of hydrogen-bond donors (Lipinski definition) is 3. The van der Waals surface area contributed by atoms with Crippen LogP contribution in [0.25, 0.3) is 0 Å². The largest absolute Gasteiger partial charge is 0.384 e. The number of amides is 4. The van der Waals surface area contributed by atoms with Gasteiger partial charge in [0.2, 0.25) is 11.7 Å². The number of benzene rings is 1. The van der Waals surface area contributed by atoms with Gasteiger partial charge in [0, 0.05) is 18.5 Å². The van der Waals surface area contributed by atoms with Crippen LogP contribution < -0.4 is 11.1 Å². The van der Waals surface area contributed by atoms with Gasteiger partial charge in [-0.1, -0.05) is 37.3 Å². The van der Waals surface area contributed by atoms with E-state index >= 15 is 0 Å². The molecule has 2 aromatic rings.